The summed E-state index contributed by atoms with van der Waals surface area (Å²) in [6, 6.07) is 0. The molecule has 1 heterocycles. The van der Waals surface area contributed by atoms with Crippen LogP contribution in [0.25, 0.3) is 0 Å². The number of aliphatic hydroxyl groups excluding tert-OH is 1. The molecular weight excluding hydrogens is 250 g/mol. The largest absolute Gasteiger partial charge is 0.393 e. The molecule has 1 aliphatic carbocycles. The first-order valence-corrected chi connectivity index (χ1v) is 8.86. The molecule has 1 N–H and O–H groups in total. The Morgan fingerprint density at radius 3 is 2.56 bits per heavy atom. The Labute approximate surface area is 110 Å². The highest BCUT2D eigenvalue weighted by molar-refractivity contribution is 7.88. The second kappa shape index (κ2) is 5.47. The van der Waals surface area contributed by atoms with Gasteiger partial charge in [0.2, 0.25) is 10.0 Å². The summed E-state index contributed by atoms with van der Waals surface area (Å²) in [6.07, 6.45) is 6.34. The summed E-state index contributed by atoms with van der Waals surface area (Å²) in [5, 5.41) is 9.77. The summed E-state index contributed by atoms with van der Waals surface area (Å²) in [5.74, 6) is 1.43. The molecule has 0 radical (unpaired) electrons. The molecular formula is C13H25NO3S. The first kappa shape index (κ1) is 14.3. The first-order valence-electron chi connectivity index (χ1n) is 7.01. The van der Waals surface area contributed by atoms with E-state index in [0.29, 0.717) is 30.8 Å². The van der Waals surface area contributed by atoms with E-state index in [1.807, 2.05) is 0 Å². The van der Waals surface area contributed by atoms with Crippen molar-refractivity contribution in [2.45, 2.75) is 45.1 Å². The molecule has 18 heavy (non-hydrogen) atoms. The smallest absolute Gasteiger partial charge is 0.211 e. The van der Waals surface area contributed by atoms with Crippen LogP contribution < -0.4 is 0 Å². The van der Waals surface area contributed by atoms with E-state index in [4.69, 9.17) is 0 Å². The molecule has 4 nitrogen and oxygen atoms in total. The van der Waals surface area contributed by atoms with Crippen molar-refractivity contribution in [3.63, 3.8) is 0 Å². The van der Waals surface area contributed by atoms with Crippen molar-refractivity contribution in [3.8, 4) is 0 Å². The number of hydrogen-bond acceptors (Lipinski definition) is 3. The zero-order chi connectivity index (χ0) is 13.3. The maximum absolute atomic E-state index is 11.6. The second-order valence-corrected chi connectivity index (χ2v) is 8.11. The fraction of sp³-hybridized carbons (Fsp3) is 1.00. The van der Waals surface area contributed by atoms with Crippen molar-refractivity contribution in [2.24, 2.45) is 17.8 Å². The Kier molecular flexibility index (Phi) is 4.34. The molecule has 0 aromatic carbocycles. The Morgan fingerprint density at radius 2 is 2.00 bits per heavy atom. The van der Waals surface area contributed by atoms with Gasteiger partial charge in [0, 0.05) is 13.1 Å². The molecule has 4 unspecified atom stereocenters. The highest BCUT2D eigenvalue weighted by atomic mass is 32.2. The third-order valence-electron chi connectivity index (χ3n) is 4.77. The van der Waals surface area contributed by atoms with Crippen molar-refractivity contribution < 1.29 is 13.5 Å². The van der Waals surface area contributed by atoms with Gasteiger partial charge in [-0.05, 0) is 49.9 Å². The molecule has 2 rings (SSSR count). The lowest BCUT2D eigenvalue weighted by Gasteiger charge is -2.33. The van der Waals surface area contributed by atoms with Crippen LogP contribution in [0.1, 0.15) is 39.0 Å². The average molecular weight is 275 g/mol. The van der Waals surface area contributed by atoms with Gasteiger partial charge in [-0.2, -0.15) is 0 Å². The molecule has 2 fully saturated rings. The molecule has 4 atom stereocenters. The van der Waals surface area contributed by atoms with Crippen LogP contribution in [0.2, 0.25) is 0 Å². The van der Waals surface area contributed by atoms with E-state index in [-0.39, 0.29) is 6.10 Å². The van der Waals surface area contributed by atoms with Gasteiger partial charge in [0.25, 0.3) is 0 Å². The van der Waals surface area contributed by atoms with Gasteiger partial charge in [-0.3, -0.25) is 0 Å². The van der Waals surface area contributed by atoms with E-state index in [9.17, 15) is 13.5 Å². The first-order chi connectivity index (χ1) is 8.38. The van der Waals surface area contributed by atoms with Gasteiger partial charge in [0.1, 0.15) is 0 Å². The Hall–Kier alpha value is -0.130. The quantitative estimate of drug-likeness (QED) is 0.848. The zero-order valence-corrected chi connectivity index (χ0v) is 12.2. The third kappa shape index (κ3) is 3.25. The minimum Gasteiger partial charge on any atom is -0.393 e. The van der Waals surface area contributed by atoms with Crippen LogP contribution in [0.5, 0.6) is 0 Å². The van der Waals surface area contributed by atoms with Crippen LogP contribution in [0, 0.1) is 17.8 Å². The van der Waals surface area contributed by atoms with Crippen LogP contribution in [0.15, 0.2) is 0 Å². The molecule has 1 aliphatic heterocycles. The Bertz CT molecular complexity index is 382. The number of nitrogens with zero attached hydrogens (tertiary/aromatic N) is 1. The lowest BCUT2D eigenvalue weighted by molar-refractivity contribution is 0.117. The number of hydrogen-bond donors (Lipinski definition) is 1. The second-order valence-electron chi connectivity index (χ2n) is 6.13. The van der Waals surface area contributed by atoms with E-state index in [1.165, 1.54) is 6.26 Å². The maximum atomic E-state index is 11.6. The molecule has 106 valence electrons. The molecule has 0 aromatic heterocycles. The van der Waals surface area contributed by atoms with Gasteiger partial charge in [-0.1, -0.05) is 6.92 Å². The highest BCUT2D eigenvalue weighted by Crippen LogP contribution is 2.38. The van der Waals surface area contributed by atoms with Crippen molar-refractivity contribution in [2.75, 3.05) is 19.3 Å². The standard InChI is InChI=1S/C13H25NO3S/c1-10-12(5-6-13(10)15)8-11-4-3-7-14(9-11)18(2,16)17/h10-13,15H,3-9H2,1-2H3. The summed E-state index contributed by atoms with van der Waals surface area (Å²) in [4.78, 5) is 0. The monoisotopic (exact) mass is 275 g/mol. The molecule has 0 amide bonds. The lowest BCUT2D eigenvalue weighted by atomic mass is 9.84. The number of aliphatic hydroxyl groups is 1. The van der Waals surface area contributed by atoms with Gasteiger partial charge in [0.15, 0.2) is 0 Å². The van der Waals surface area contributed by atoms with Crippen molar-refractivity contribution in [3.05, 3.63) is 0 Å². The van der Waals surface area contributed by atoms with Gasteiger partial charge < -0.3 is 5.11 Å². The zero-order valence-electron chi connectivity index (χ0n) is 11.4. The molecule has 1 saturated carbocycles. The summed E-state index contributed by atoms with van der Waals surface area (Å²) < 4.78 is 24.8. The van der Waals surface area contributed by atoms with E-state index in [0.717, 1.165) is 32.1 Å². The normalized spacial score (nSPS) is 39.1. The van der Waals surface area contributed by atoms with Crippen LogP contribution in [-0.2, 0) is 10.0 Å². The molecule has 0 bridgehead atoms. The molecule has 1 saturated heterocycles. The number of rotatable bonds is 3. The maximum Gasteiger partial charge on any atom is 0.211 e. The summed E-state index contributed by atoms with van der Waals surface area (Å²) >= 11 is 0. The fourth-order valence-corrected chi connectivity index (χ4v) is 4.45. The van der Waals surface area contributed by atoms with Crippen LogP contribution >= 0.6 is 0 Å². The number of sulfonamides is 1. The van der Waals surface area contributed by atoms with E-state index < -0.39 is 10.0 Å². The van der Waals surface area contributed by atoms with Crippen molar-refractivity contribution in [1.29, 1.82) is 0 Å². The number of piperidine rings is 1. The minimum atomic E-state index is -3.03. The Balaban J connectivity index is 1.90. The molecule has 5 heteroatoms. The van der Waals surface area contributed by atoms with E-state index in [1.54, 1.807) is 4.31 Å². The van der Waals surface area contributed by atoms with E-state index in [2.05, 4.69) is 6.92 Å². The average Bonchev–Trinajstić information content (AvgIpc) is 2.60. The summed E-state index contributed by atoms with van der Waals surface area (Å²) in [5.41, 5.74) is 0. The lowest BCUT2D eigenvalue weighted by Crippen LogP contribution is -2.40. The van der Waals surface area contributed by atoms with Gasteiger partial charge in [-0.25, -0.2) is 12.7 Å². The summed E-state index contributed by atoms with van der Waals surface area (Å²) in [6.45, 7) is 3.48. The minimum absolute atomic E-state index is 0.149. The predicted molar refractivity (Wildman–Crippen MR) is 71.7 cm³/mol. The SMILES string of the molecule is CC1C(O)CCC1CC1CCCN(S(C)(=O)=O)C1. The predicted octanol–water partition coefficient (Wildman–Crippen LogP) is 1.46. The third-order valence-corrected chi connectivity index (χ3v) is 6.04. The van der Waals surface area contributed by atoms with Crippen LogP contribution in [0.4, 0.5) is 0 Å². The van der Waals surface area contributed by atoms with Crippen LogP contribution in [-0.4, -0.2) is 43.3 Å². The molecule has 0 spiro atoms. The van der Waals surface area contributed by atoms with Gasteiger partial charge >= 0.3 is 0 Å². The fourth-order valence-electron chi connectivity index (χ4n) is 3.51. The summed E-state index contributed by atoms with van der Waals surface area (Å²) in [7, 11) is -3.03. The van der Waals surface area contributed by atoms with Gasteiger partial charge in [0.05, 0.1) is 12.4 Å². The molecule has 2 aliphatic rings. The molecule has 0 aromatic rings. The Morgan fingerprint density at radius 1 is 1.28 bits per heavy atom. The topological polar surface area (TPSA) is 57.6 Å². The highest BCUT2D eigenvalue weighted by Gasteiger charge is 2.34. The van der Waals surface area contributed by atoms with Crippen molar-refractivity contribution in [1.82, 2.24) is 4.31 Å². The van der Waals surface area contributed by atoms with Gasteiger partial charge in [-0.15, -0.1) is 0 Å². The van der Waals surface area contributed by atoms with Crippen LogP contribution in [0.3, 0.4) is 0 Å². The van der Waals surface area contributed by atoms with Crippen molar-refractivity contribution >= 4 is 10.0 Å². The van der Waals surface area contributed by atoms with E-state index >= 15 is 0 Å².